The largest absolute Gasteiger partial charge is 0.330 e. The van der Waals surface area contributed by atoms with Gasteiger partial charge in [0.1, 0.15) is 11.6 Å². The van der Waals surface area contributed by atoms with Crippen LogP contribution in [0.4, 0.5) is 15.0 Å². The van der Waals surface area contributed by atoms with Crippen molar-refractivity contribution >= 4 is 21.7 Å². The van der Waals surface area contributed by atoms with Crippen LogP contribution in [-0.4, -0.2) is 56.8 Å². The van der Waals surface area contributed by atoms with E-state index in [9.17, 15) is 17.6 Å². The maximum Gasteiger partial charge on any atom is 0.323 e. The second-order valence-corrected chi connectivity index (χ2v) is 10.9. The lowest BCUT2D eigenvalue weighted by Crippen LogP contribution is -2.54. The zero-order valence-electron chi connectivity index (χ0n) is 17.9. The summed E-state index contributed by atoms with van der Waals surface area (Å²) in [5.41, 5.74) is 0.272. The monoisotopic (exact) mass is 446 g/mol. The third kappa shape index (κ3) is 3.92. The lowest BCUT2D eigenvalue weighted by molar-refractivity contribution is 0.0655. The predicted octanol–water partition coefficient (Wildman–Crippen LogP) is 2.92. The number of rotatable bonds is 4. The van der Waals surface area contributed by atoms with Crippen molar-refractivity contribution in [2.75, 3.05) is 31.8 Å². The van der Waals surface area contributed by atoms with Gasteiger partial charge in [-0.25, -0.2) is 22.6 Å². The highest BCUT2D eigenvalue weighted by molar-refractivity contribution is 7.90. The number of pyridine rings is 1. The van der Waals surface area contributed by atoms with Crippen molar-refractivity contribution in [3.05, 3.63) is 54.0 Å². The number of carbonyl (C=O) groups excluding carboxylic acids is 1. The molecule has 1 aliphatic heterocycles. The molecule has 2 aliphatic rings. The summed E-state index contributed by atoms with van der Waals surface area (Å²) in [5, 5.41) is 3.14. The Hall–Kier alpha value is -2.52. The first kappa shape index (κ1) is 21.7. The van der Waals surface area contributed by atoms with Crippen LogP contribution in [0.3, 0.4) is 0 Å². The summed E-state index contributed by atoms with van der Waals surface area (Å²) in [6.07, 6.45) is 5.44. The smallest absolute Gasteiger partial charge is 0.323 e. The first-order chi connectivity index (χ1) is 14.5. The molecule has 0 radical (unpaired) electrons. The Labute approximate surface area is 182 Å². The summed E-state index contributed by atoms with van der Waals surface area (Å²) >= 11 is 0. The van der Waals surface area contributed by atoms with Gasteiger partial charge in [0, 0.05) is 18.0 Å². The van der Waals surface area contributed by atoms with Crippen LogP contribution in [0.15, 0.2) is 47.5 Å². The van der Waals surface area contributed by atoms with Gasteiger partial charge in [0.2, 0.25) is 0 Å². The standard InChI is InChI=1S/C22H27FN4O3S/c1-26(2)22(16-5-4-6-17(23)13-16)11-9-21(10-12-22)15-27(20(28)25-21)19-8-7-18(14-24-19)31(3,29)30/h4-8,13-14H,9-12,15H2,1-3H3,(H,25,28). The minimum absolute atomic E-state index is 0.120. The number of sulfone groups is 1. The second kappa shape index (κ2) is 7.56. The Bertz CT molecular complexity index is 1090. The molecule has 4 rings (SSSR count). The highest BCUT2D eigenvalue weighted by atomic mass is 32.2. The van der Waals surface area contributed by atoms with Crippen molar-refractivity contribution in [1.29, 1.82) is 0 Å². The Kier molecular flexibility index (Phi) is 5.29. The normalized spacial score (nSPS) is 26.5. The molecular weight excluding hydrogens is 419 g/mol. The molecule has 1 saturated carbocycles. The van der Waals surface area contributed by atoms with E-state index in [0.29, 0.717) is 12.4 Å². The number of benzene rings is 1. The van der Waals surface area contributed by atoms with E-state index in [2.05, 4.69) is 15.2 Å². The Morgan fingerprint density at radius 2 is 1.84 bits per heavy atom. The molecule has 9 heteroatoms. The van der Waals surface area contributed by atoms with Crippen LogP contribution in [-0.2, 0) is 15.4 Å². The molecular formula is C22H27FN4O3S. The number of aromatic nitrogens is 1. The van der Waals surface area contributed by atoms with Crippen LogP contribution in [0.2, 0.25) is 0 Å². The molecule has 1 saturated heterocycles. The Balaban J connectivity index is 1.54. The third-order valence-electron chi connectivity index (χ3n) is 6.76. The zero-order chi connectivity index (χ0) is 22.4. The van der Waals surface area contributed by atoms with E-state index in [4.69, 9.17) is 0 Å². The first-order valence-electron chi connectivity index (χ1n) is 10.2. The highest BCUT2D eigenvalue weighted by Gasteiger charge is 2.50. The van der Waals surface area contributed by atoms with E-state index >= 15 is 0 Å². The Morgan fingerprint density at radius 1 is 1.13 bits per heavy atom. The molecule has 1 aliphatic carbocycles. The van der Waals surface area contributed by atoms with Crippen LogP contribution in [0.25, 0.3) is 0 Å². The van der Waals surface area contributed by atoms with Crippen LogP contribution >= 0.6 is 0 Å². The molecule has 0 atom stereocenters. The molecule has 0 bridgehead atoms. The lowest BCUT2D eigenvalue weighted by atomic mass is 9.69. The maximum atomic E-state index is 13.9. The van der Waals surface area contributed by atoms with Gasteiger partial charge in [0.05, 0.1) is 17.0 Å². The fourth-order valence-corrected chi connectivity index (χ4v) is 5.40. The summed E-state index contributed by atoms with van der Waals surface area (Å²) < 4.78 is 37.2. The molecule has 1 spiro atoms. The van der Waals surface area contributed by atoms with Crippen molar-refractivity contribution in [3.8, 4) is 0 Å². The van der Waals surface area contributed by atoms with Crippen molar-refractivity contribution in [2.24, 2.45) is 0 Å². The van der Waals surface area contributed by atoms with Crippen LogP contribution in [0.1, 0.15) is 31.2 Å². The van der Waals surface area contributed by atoms with Gasteiger partial charge in [-0.2, -0.15) is 0 Å². The average Bonchev–Trinajstić information content (AvgIpc) is 3.04. The van der Waals surface area contributed by atoms with Gasteiger partial charge in [0.15, 0.2) is 9.84 Å². The SMILES string of the molecule is CN(C)C1(c2cccc(F)c2)CCC2(CC1)CN(c1ccc(S(C)(=O)=O)cn1)C(=O)N2. The van der Waals surface area contributed by atoms with Crippen LogP contribution in [0.5, 0.6) is 0 Å². The summed E-state index contributed by atoms with van der Waals surface area (Å²) in [6.45, 7) is 0.462. The number of urea groups is 1. The summed E-state index contributed by atoms with van der Waals surface area (Å²) in [7, 11) is 0.672. The molecule has 1 aromatic carbocycles. The van der Waals surface area contributed by atoms with Gasteiger partial charge in [-0.05, 0) is 69.6 Å². The molecule has 0 unspecified atom stereocenters. The lowest BCUT2D eigenvalue weighted by Gasteiger charge is -2.48. The molecule has 2 heterocycles. The Morgan fingerprint density at radius 3 is 2.39 bits per heavy atom. The van der Waals surface area contributed by atoms with Gasteiger partial charge in [0.25, 0.3) is 0 Å². The van der Waals surface area contributed by atoms with Gasteiger partial charge < -0.3 is 5.32 Å². The molecule has 2 amide bonds. The van der Waals surface area contributed by atoms with Gasteiger partial charge in [-0.15, -0.1) is 0 Å². The van der Waals surface area contributed by atoms with Crippen molar-refractivity contribution < 1.29 is 17.6 Å². The number of hydrogen-bond donors (Lipinski definition) is 1. The van der Waals surface area contributed by atoms with Crippen molar-refractivity contribution in [1.82, 2.24) is 15.2 Å². The quantitative estimate of drug-likeness (QED) is 0.781. The fraction of sp³-hybridized carbons (Fsp3) is 0.455. The number of anilines is 1. The highest BCUT2D eigenvalue weighted by Crippen LogP contribution is 2.46. The van der Waals surface area contributed by atoms with Crippen molar-refractivity contribution in [2.45, 2.75) is 41.7 Å². The van der Waals surface area contributed by atoms with E-state index in [1.165, 1.54) is 18.3 Å². The molecule has 166 valence electrons. The predicted molar refractivity (Wildman–Crippen MR) is 116 cm³/mol. The van der Waals surface area contributed by atoms with Gasteiger partial charge >= 0.3 is 6.03 Å². The second-order valence-electron chi connectivity index (χ2n) is 8.86. The number of carbonyl (C=O) groups is 1. The zero-order valence-corrected chi connectivity index (χ0v) is 18.7. The number of hydrogen-bond acceptors (Lipinski definition) is 5. The van der Waals surface area contributed by atoms with Gasteiger partial charge in [-0.3, -0.25) is 9.80 Å². The number of nitrogens with one attached hydrogen (secondary N) is 1. The minimum atomic E-state index is -3.35. The van der Waals surface area contributed by atoms with Gasteiger partial charge in [-0.1, -0.05) is 12.1 Å². The summed E-state index contributed by atoms with van der Waals surface area (Å²) in [6, 6.07) is 9.56. The van der Waals surface area contributed by atoms with E-state index in [1.807, 2.05) is 20.2 Å². The van der Waals surface area contributed by atoms with E-state index < -0.39 is 9.84 Å². The van der Waals surface area contributed by atoms with E-state index in [0.717, 1.165) is 37.5 Å². The molecule has 1 N–H and O–H groups in total. The molecule has 2 fully saturated rings. The topological polar surface area (TPSA) is 82.6 Å². The van der Waals surface area contributed by atoms with E-state index in [1.54, 1.807) is 23.1 Å². The number of amides is 2. The van der Waals surface area contributed by atoms with Crippen LogP contribution in [0, 0.1) is 5.82 Å². The number of nitrogens with zero attached hydrogens (tertiary/aromatic N) is 3. The van der Waals surface area contributed by atoms with E-state index in [-0.39, 0.29) is 27.8 Å². The fourth-order valence-electron chi connectivity index (χ4n) is 4.84. The minimum Gasteiger partial charge on any atom is -0.330 e. The molecule has 1 aromatic heterocycles. The van der Waals surface area contributed by atoms with Crippen molar-refractivity contribution in [3.63, 3.8) is 0 Å². The first-order valence-corrected chi connectivity index (χ1v) is 12.1. The average molecular weight is 447 g/mol. The number of halogens is 1. The molecule has 7 nitrogen and oxygen atoms in total. The summed E-state index contributed by atoms with van der Waals surface area (Å²) in [5.74, 6) is 0.180. The molecule has 2 aromatic rings. The maximum absolute atomic E-state index is 13.9. The summed E-state index contributed by atoms with van der Waals surface area (Å²) in [4.78, 5) is 20.8. The van der Waals surface area contributed by atoms with Crippen LogP contribution < -0.4 is 10.2 Å². The molecule has 31 heavy (non-hydrogen) atoms. The third-order valence-corrected chi connectivity index (χ3v) is 7.85.